The lowest BCUT2D eigenvalue weighted by molar-refractivity contribution is 0.590. The van der Waals surface area contributed by atoms with Gasteiger partial charge in [-0.25, -0.2) is 9.97 Å². The van der Waals surface area contributed by atoms with E-state index < -0.39 is 0 Å². The Bertz CT molecular complexity index is 512. The van der Waals surface area contributed by atoms with Gasteiger partial charge in [0, 0.05) is 5.56 Å². The Labute approximate surface area is 110 Å². The van der Waals surface area contributed by atoms with E-state index in [0.717, 1.165) is 15.9 Å². The maximum Gasteiger partial charge on any atom is 0.117 e. The van der Waals surface area contributed by atoms with Gasteiger partial charge >= 0.3 is 0 Å². The third kappa shape index (κ3) is 2.91. The first-order chi connectivity index (χ1) is 7.97. The lowest BCUT2D eigenvalue weighted by Gasteiger charge is -2.19. The molecule has 0 radical (unpaired) electrons. The third-order valence-electron chi connectivity index (χ3n) is 2.68. The molecule has 17 heavy (non-hydrogen) atoms. The van der Waals surface area contributed by atoms with E-state index in [1.807, 2.05) is 6.07 Å². The molecule has 0 aliphatic rings. The molecule has 0 fully saturated rings. The van der Waals surface area contributed by atoms with Gasteiger partial charge in [0.15, 0.2) is 0 Å². The molecule has 1 aromatic carbocycles. The Hall–Kier alpha value is -1.22. The van der Waals surface area contributed by atoms with Crippen LogP contribution in [0.1, 0.15) is 26.3 Å². The lowest BCUT2D eigenvalue weighted by Crippen LogP contribution is -2.10. The predicted octanol–water partition coefficient (Wildman–Crippen LogP) is 4.20. The highest BCUT2D eigenvalue weighted by atomic mass is 79.9. The number of hydrogen-bond acceptors (Lipinski definition) is 2. The van der Waals surface area contributed by atoms with Crippen molar-refractivity contribution in [3.8, 4) is 11.3 Å². The Morgan fingerprint density at radius 1 is 1.00 bits per heavy atom. The molecule has 0 bridgehead atoms. The average molecular weight is 291 g/mol. The molecule has 0 saturated heterocycles. The van der Waals surface area contributed by atoms with Crippen molar-refractivity contribution in [1.29, 1.82) is 0 Å². The molecule has 0 N–H and O–H groups in total. The van der Waals surface area contributed by atoms with E-state index >= 15 is 0 Å². The van der Waals surface area contributed by atoms with Crippen molar-refractivity contribution in [1.82, 2.24) is 9.97 Å². The summed E-state index contributed by atoms with van der Waals surface area (Å²) in [6, 6.07) is 10.5. The number of aromatic nitrogens is 2. The molecule has 2 aromatic rings. The van der Waals surface area contributed by atoms with Crippen LogP contribution >= 0.6 is 15.9 Å². The number of rotatable bonds is 1. The summed E-state index contributed by atoms with van der Waals surface area (Å²) in [6.07, 6.45) is 1.57. The predicted molar refractivity (Wildman–Crippen MR) is 73.9 cm³/mol. The Kier molecular flexibility index (Phi) is 3.29. The molecule has 2 rings (SSSR count). The fourth-order valence-corrected chi connectivity index (χ4v) is 1.94. The highest BCUT2D eigenvalue weighted by Crippen LogP contribution is 2.25. The summed E-state index contributed by atoms with van der Waals surface area (Å²) in [7, 11) is 0. The molecule has 2 nitrogen and oxygen atoms in total. The van der Waals surface area contributed by atoms with Gasteiger partial charge in [0.05, 0.1) is 5.69 Å². The van der Waals surface area contributed by atoms with Crippen molar-refractivity contribution >= 4 is 15.9 Å². The Balaban J connectivity index is 2.36. The highest BCUT2D eigenvalue weighted by Gasteiger charge is 2.13. The van der Waals surface area contributed by atoms with Crippen LogP contribution in [-0.2, 0) is 5.41 Å². The molecule has 1 heterocycles. The second kappa shape index (κ2) is 4.57. The molecule has 3 heteroatoms. The molecule has 0 unspecified atom stereocenters. The summed E-state index contributed by atoms with van der Waals surface area (Å²) in [4.78, 5) is 8.29. The van der Waals surface area contributed by atoms with Gasteiger partial charge < -0.3 is 0 Å². The smallest absolute Gasteiger partial charge is 0.117 e. The molecule has 0 aliphatic heterocycles. The molecule has 1 aromatic heterocycles. The van der Waals surface area contributed by atoms with Crippen LogP contribution in [0, 0.1) is 0 Å². The lowest BCUT2D eigenvalue weighted by atomic mass is 9.86. The van der Waals surface area contributed by atoms with E-state index in [-0.39, 0.29) is 5.41 Å². The molecular formula is C14H15BrN2. The van der Waals surface area contributed by atoms with Crippen LogP contribution in [0.5, 0.6) is 0 Å². The molecule has 0 atom stereocenters. The zero-order valence-electron chi connectivity index (χ0n) is 10.2. The summed E-state index contributed by atoms with van der Waals surface area (Å²) < 4.78 is 0.808. The molecule has 0 spiro atoms. The second-order valence-corrected chi connectivity index (χ2v) is 5.87. The Morgan fingerprint density at radius 2 is 1.65 bits per heavy atom. The van der Waals surface area contributed by atoms with Gasteiger partial charge in [-0.15, -0.1) is 0 Å². The van der Waals surface area contributed by atoms with E-state index in [4.69, 9.17) is 0 Å². The van der Waals surface area contributed by atoms with Crippen molar-refractivity contribution in [3.05, 3.63) is 46.8 Å². The normalized spacial score (nSPS) is 11.5. The van der Waals surface area contributed by atoms with Gasteiger partial charge in [0.1, 0.15) is 10.9 Å². The SMILES string of the molecule is CC(C)(C)c1ccc(-c2cc(Br)ncn2)cc1. The van der Waals surface area contributed by atoms with Gasteiger partial charge in [-0.2, -0.15) is 0 Å². The van der Waals surface area contributed by atoms with Crippen LogP contribution in [0.15, 0.2) is 41.3 Å². The molecular weight excluding hydrogens is 276 g/mol. The van der Waals surface area contributed by atoms with Gasteiger partial charge in [-0.05, 0) is 33.0 Å². The van der Waals surface area contributed by atoms with Gasteiger partial charge in [-0.1, -0.05) is 45.0 Å². The fourth-order valence-electron chi connectivity index (χ4n) is 1.63. The topological polar surface area (TPSA) is 25.8 Å². The number of hydrogen-bond donors (Lipinski definition) is 0. The second-order valence-electron chi connectivity index (χ2n) is 5.05. The van der Waals surface area contributed by atoms with E-state index in [2.05, 4.69) is 70.9 Å². The number of halogens is 1. The number of benzene rings is 1. The summed E-state index contributed by atoms with van der Waals surface area (Å²) in [6.45, 7) is 6.63. The van der Waals surface area contributed by atoms with E-state index in [0.29, 0.717) is 0 Å². The van der Waals surface area contributed by atoms with Gasteiger partial charge in [0.2, 0.25) is 0 Å². The zero-order valence-corrected chi connectivity index (χ0v) is 11.8. The molecule has 88 valence electrons. The van der Waals surface area contributed by atoms with Gasteiger partial charge in [-0.3, -0.25) is 0 Å². The van der Waals surface area contributed by atoms with Crippen molar-refractivity contribution in [2.45, 2.75) is 26.2 Å². The zero-order chi connectivity index (χ0) is 12.5. The summed E-state index contributed by atoms with van der Waals surface area (Å²) >= 11 is 3.35. The van der Waals surface area contributed by atoms with Crippen LogP contribution in [0.2, 0.25) is 0 Å². The maximum absolute atomic E-state index is 4.26. The molecule has 0 aliphatic carbocycles. The highest BCUT2D eigenvalue weighted by molar-refractivity contribution is 9.10. The van der Waals surface area contributed by atoms with Crippen LogP contribution in [0.25, 0.3) is 11.3 Å². The summed E-state index contributed by atoms with van der Waals surface area (Å²) in [5.74, 6) is 0. The molecule has 0 saturated carbocycles. The fraction of sp³-hybridized carbons (Fsp3) is 0.286. The third-order valence-corrected chi connectivity index (χ3v) is 3.11. The first kappa shape index (κ1) is 12.2. The minimum atomic E-state index is 0.185. The van der Waals surface area contributed by atoms with Crippen LogP contribution < -0.4 is 0 Å². The minimum absolute atomic E-state index is 0.185. The monoisotopic (exact) mass is 290 g/mol. The maximum atomic E-state index is 4.26. The van der Waals surface area contributed by atoms with E-state index in [1.165, 1.54) is 5.56 Å². The first-order valence-corrected chi connectivity index (χ1v) is 6.34. The quantitative estimate of drug-likeness (QED) is 0.736. The van der Waals surface area contributed by atoms with Crippen LogP contribution in [0.3, 0.4) is 0 Å². The minimum Gasteiger partial charge on any atom is -0.236 e. The van der Waals surface area contributed by atoms with Crippen molar-refractivity contribution in [2.24, 2.45) is 0 Å². The summed E-state index contributed by atoms with van der Waals surface area (Å²) in [5.41, 5.74) is 3.56. The van der Waals surface area contributed by atoms with Crippen molar-refractivity contribution in [2.75, 3.05) is 0 Å². The summed E-state index contributed by atoms with van der Waals surface area (Å²) in [5, 5.41) is 0. The van der Waals surface area contributed by atoms with Gasteiger partial charge in [0.25, 0.3) is 0 Å². The van der Waals surface area contributed by atoms with E-state index in [1.54, 1.807) is 6.33 Å². The average Bonchev–Trinajstić information content (AvgIpc) is 2.28. The first-order valence-electron chi connectivity index (χ1n) is 5.55. The standard InChI is InChI=1S/C14H15BrN2/c1-14(2,3)11-6-4-10(5-7-11)12-8-13(15)17-9-16-12/h4-9H,1-3H3. The Morgan fingerprint density at radius 3 is 2.18 bits per heavy atom. The molecule has 0 amide bonds. The van der Waals surface area contributed by atoms with Crippen molar-refractivity contribution in [3.63, 3.8) is 0 Å². The van der Waals surface area contributed by atoms with E-state index in [9.17, 15) is 0 Å². The van der Waals surface area contributed by atoms with Crippen LogP contribution in [-0.4, -0.2) is 9.97 Å². The largest absolute Gasteiger partial charge is 0.236 e. The number of nitrogens with zero attached hydrogens (tertiary/aromatic N) is 2. The van der Waals surface area contributed by atoms with Crippen LogP contribution in [0.4, 0.5) is 0 Å². The van der Waals surface area contributed by atoms with Crippen molar-refractivity contribution < 1.29 is 0 Å².